The van der Waals surface area contributed by atoms with Crippen LogP contribution in [-0.4, -0.2) is 33.8 Å². The van der Waals surface area contributed by atoms with Crippen LogP contribution in [0.2, 0.25) is 0 Å². The summed E-state index contributed by atoms with van der Waals surface area (Å²) in [7, 11) is 0. The van der Waals surface area contributed by atoms with E-state index in [1.807, 2.05) is 13.0 Å². The van der Waals surface area contributed by atoms with Crippen LogP contribution < -0.4 is 14.9 Å². The highest BCUT2D eigenvalue weighted by molar-refractivity contribution is 9.10. The SMILES string of the molecule is CC/C=C1\NC(C)=NC(c2cccc(C(F)(F)F)n2)CCC2CN(c3nc(Br)ccc3C(=O)NS1)C(C)(C)C2. The summed E-state index contributed by atoms with van der Waals surface area (Å²) in [4.78, 5) is 28.9. The average Bonchev–Trinajstić information content (AvgIpc) is 3.17. The number of nitrogens with zero attached hydrogens (tertiary/aromatic N) is 4. The number of halogens is 4. The van der Waals surface area contributed by atoms with Gasteiger partial charge in [0.1, 0.15) is 16.1 Å². The number of allylic oxidation sites excluding steroid dienone is 1. The van der Waals surface area contributed by atoms with Gasteiger partial charge >= 0.3 is 6.18 Å². The number of rotatable bonds is 2. The van der Waals surface area contributed by atoms with Crippen molar-refractivity contribution in [2.45, 2.75) is 71.1 Å². The molecule has 2 aromatic heterocycles. The smallest absolute Gasteiger partial charge is 0.351 e. The lowest BCUT2D eigenvalue weighted by Crippen LogP contribution is -2.40. The number of amides is 1. The van der Waals surface area contributed by atoms with Gasteiger partial charge in [-0.25, -0.2) is 9.97 Å². The lowest BCUT2D eigenvalue weighted by Gasteiger charge is -2.33. The minimum atomic E-state index is -4.54. The van der Waals surface area contributed by atoms with Crippen LogP contribution in [0.15, 0.2) is 51.0 Å². The van der Waals surface area contributed by atoms with Crippen molar-refractivity contribution < 1.29 is 18.0 Å². The van der Waals surface area contributed by atoms with E-state index in [-0.39, 0.29) is 23.1 Å². The largest absolute Gasteiger partial charge is 0.433 e. The van der Waals surface area contributed by atoms with Gasteiger partial charge in [-0.15, -0.1) is 0 Å². The molecule has 39 heavy (non-hydrogen) atoms. The van der Waals surface area contributed by atoms with Gasteiger partial charge in [0.2, 0.25) is 0 Å². The molecule has 1 amide bonds. The second-order valence-electron chi connectivity index (χ2n) is 10.4. The third kappa shape index (κ3) is 7.13. The first-order valence-electron chi connectivity index (χ1n) is 12.8. The summed E-state index contributed by atoms with van der Waals surface area (Å²) in [6, 6.07) is 6.92. The summed E-state index contributed by atoms with van der Waals surface area (Å²) in [5.74, 6) is 1.08. The van der Waals surface area contributed by atoms with E-state index >= 15 is 0 Å². The Morgan fingerprint density at radius 3 is 2.69 bits per heavy atom. The fourth-order valence-corrected chi connectivity index (χ4v) is 6.19. The van der Waals surface area contributed by atoms with Crippen LogP contribution in [0.5, 0.6) is 0 Å². The maximum atomic E-state index is 13.5. The van der Waals surface area contributed by atoms with Crippen LogP contribution in [0, 0.1) is 5.92 Å². The van der Waals surface area contributed by atoms with Crippen molar-refractivity contribution in [2.24, 2.45) is 10.9 Å². The summed E-state index contributed by atoms with van der Waals surface area (Å²) in [6.07, 6.45) is 0.160. The van der Waals surface area contributed by atoms with Crippen molar-refractivity contribution in [3.8, 4) is 0 Å². The molecule has 0 spiro atoms. The molecule has 1 saturated heterocycles. The van der Waals surface area contributed by atoms with Gasteiger partial charge in [0.15, 0.2) is 0 Å². The predicted molar refractivity (Wildman–Crippen MR) is 152 cm³/mol. The Bertz CT molecular complexity index is 1280. The molecule has 4 rings (SSSR count). The Morgan fingerprint density at radius 2 is 1.97 bits per heavy atom. The van der Waals surface area contributed by atoms with Gasteiger partial charge in [-0.1, -0.05) is 19.1 Å². The highest BCUT2D eigenvalue weighted by Crippen LogP contribution is 2.41. The standard InChI is InChI=1S/C27H32BrF3N6OS/c1-5-7-23-33-16(2)32-20(19-8-6-9-21(34-19)27(29,30)31)12-10-17-14-26(3,4)37(15-17)24-18(25(38)36-39-23)11-13-22(28)35-24/h6-9,11,13,17,20H,5,10,12,14-15H2,1-4H3,(H,32,33)(H,36,38)/b23-7+. The molecule has 0 aromatic carbocycles. The van der Waals surface area contributed by atoms with Crippen LogP contribution >= 0.6 is 27.9 Å². The second kappa shape index (κ2) is 11.9. The second-order valence-corrected chi connectivity index (χ2v) is 12.0. The van der Waals surface area contributed by atoms with E-state index in [9.17, 15) is 18.0 Å². The zero-order chi connectivity index (χ0) is 28.4. The van der Waals surface area contributed by atoms with Crippen LogP contribution in [-0.2, 0) is 6.18 Å². The number of hydrogen-bond acceptors (Lipinski definition) is 7. The Hall–Kier alpha value is -2.60. The molecule has 12 heteroatoms. The lowest BCUT2D eigenvalue weighted by molar-refractivity contribution is -0.141. The lowest BCUT2D eigenvalue weighted by atomic mass is 9.91. The van der Waals surface area contributed by atoms with Crippen LogP contribution in [0.1, 0.15) is 81.2 Å². The molecule has 7 nitrogen and oxygen atoms in total. The highest BCUT2D eigenvalue weighted by atomic mass is 79.9. The Morgan fingerprint density at radius 1 is 1.21 bits per heavy atom. The van der Waals surface area contributed by atoms with Crippen LogP contribution in [0.4, 0.5) is 19.0 Å². The van der Waals surface area contributed by atoms with Gasteiger partial charge in [-0.2, -0.15) is 13.2 Å². The van der Waals surface area contributed by atoms with Gasteiger partial charge in [0, 0.05) is 24.0 Å². The Balaban J connectivity index is 1.75. The fourth-order valence-electron chi connectivity index (χ4n) is 5.13. The minimum absolute atomic E-state index is 0.225. The third-order valence-corrected chi connectivity index (χ3v) is 8.07. The first kappa shape index (κ1) is 29.4. The van der Waals surface area contributed by atoms with Crippen molar-refractivity contribution in [3.63, 3.8) is 0 Å². The molecular formula is C27H32BrF3N6OS. The van der Waals surface area contributed by atoms with Crippen molar-refractivity contribution >= 4 is 45.4 Å². The molecule has 0 aliphatic carbocycles. The number of alkyl halides is 3. The summed E-state index contributed by atoms with van der Waals surface area (Å²) in [5.41, 5.74) is -0.456. The average molecular weight is 626 g/mol. The Labute approximate surface area is 239 Å². The number of pyridine rings is 2. The van der Waals surface area contributed by atoms with Crippen molar-refractivity contribution in [2.75, 3.05) is 11.4 Å². The quantitative estimate of drug-likeness (QED) is 0.276. The monoisotopic (exact) mass is 624 g/mol. The normalized spacial score (nSPS) is 23.3. The van der Waals surface area contributed by atoms with E-state index in [2.05, 4.69) is 49.7 Å². The van der Waals surface area contributed by atoms with E-state index in [0.717, 1.165) is 30.9 Å². The maximum absolute atomic E-state index is 13.5. The molecule has 2 aromatic rings. The Kier molecular flexibility index (Phi) is 8.95. The van der Waals surface area contributed by atoms with E-state index in [0.29, 0.717) is 46.2 Å². The number of amidine groups is 1. The summed E-state index contributed by atoms with van der Waals surface area (Å²) >= 11 is 4.58. The molecule has 2 atom stereocenters. The highest BCUT2D eigenvalue weighted by Gasteiger charge is 2.41. The minimum Gasteiger partial charge on any atom is -0.351 e. The number of carbonyl (C=O) groups excluding carboxylic acids is 1. The zero-order valence-corrected chi connectivity index (χ0v) is 24.7. The molecule has 0 saturated carbocycles. The molecule has 2 N–H and O–H groups in total. The summed E-state index contributed by atoms with van der Waals surface area (Å²) < 4.78 is 43.9. The van der Waals surface area contributed by atoms with Gasteiger partial charge in [-0.3, -0.25) is 14.5 Å². The summed E-state index contributed by atoms with van der Waals surface area (Å²) in [5, 5.41) is 3.87. The molecule has 2 aliphatic rings. The number of nitrogens with one attached hydrogen (secondary N) is 2. The van der Waals surface area contributed by atoms with Crippen molar-refractivity contribution in [1.29, 1.82) is 0 Å². The van der Waals surface area contributed by atoms with E-state index in [1.165, 1.54) is 6.07 Å². The van der Waals surface area contributed by atoms with Gasteiger partial charge in [-0.05, 0) is 92.6 Å². The van der Waals surface area contributed by atoms with Crippen LogP contribution in [0.25, 0.3) is 0 Å². The molecule has 210 valence electrons. The predicted octanol–water partition coefficient (Wildman–Crippen LogP) is 7.04. The van der Waals surface area contributed by atoms with Crippen molar-refractivity contribution in [3.05, 3.63) is 63.0 Å². The van der Waals surface area contributed by atoms with E-state index in [1.54, 1.807) is 25.1 Å². The first-order chi connectivity index (χ1) is 18.4. The summed E-state index contributed by atoms with van der Waals surface area (Å²) in [6.45, 7) is 8.64. The number of fused-ring (bicyclic) bond motifs is 4. The maximum Gasteiger partial charge on any atom is 0.433 e. The number of hydrogen-bond donors (Lipinski definition) is 2. The fraction of sp³-hybridized carbons (Fsp3) is 0.481. The molecular weight excluding hydrogens is 593 g/mol. The van der Waals surface area contributed by atoms with Gasteiger partial charge in [0.05, 0.1) is 28.2 Å². The molecule has 2 unspecified atom stereocenters. The molecule has 1 fully saturated rings. The van der Waals surface area contributed by atoms with Crippen molar-refractivity contribution in [1.82, 2.24) is 20.0 Å². The molecule has 0 radical (unpaired) electrons. The zero-order valence-electron chi connectivity index (χ0n) is 22.3. The van der Waals surface area contributed by atoms with Gasteiger partial charge in [0.25, 0.3) is 5.91 Å². The topological polar surface area (TPSA) is 82.5 Å². The number of aliphatic imine (C=N–C) groups is 1. The number of carbonyl (C=O) groups is 1. The van der Waals surface area contributed by atoms with E-state index in [4.69, 9.17) is 9.98 Å². The third-order valence-electron chi connectivity index (χ3n) is 6.85. The number of aromatic nitrogens is 2. The molecule has 4 heterocycles. The first-order valence-corrected chi connectivity index (χ1v) is 14.5. The molecule has 2 bridgehead atoms. The number of anilines is 1. The molecule has 2 aliphatic heterocycles. The van der Waals surface area contributed by atoms with Crippen LogP contribution in [0.3, 0.4) is 0 Å². The van der Waals surface area contributed by atoms with Gasteiger partial charge < -0.3 is 10.2 Å². The van der Waals surface area contributed by atoms with E-state index < -0.39 is 17.9 Å².